The molecule has 0 N–H and O–H groups in total. The summed E-state index contributed by atoms with van der Waals surface area (Å²) in [6.45, 7) is 7.20. The van der Waals surface area contributed by atoms with Crippen molar-refractivity contribution in [3.8, 4) is 0 Å². The van der Waals surface area contributed by atoms with Crippen LogP contribution in [0.2, 0.25) is 0 Å². The van der Waals surface area contributed by atoms with Gasteiger partial charge in [-0.15, -0.1) is 0 Å². The maximum atomic E-state index is 12.7. The van der Waals surface area contributed by atoms with Crippen LogP contribution < -0.4 is 0 Å². The summed E-state index contributed by atoms with van der Waals surface area (Å²) in [5, 5.41) is 0. The van der Waals surface area contributed by atoms with Gasteiger partial charge in [-0.25, -0.2) is 0 Å². The highest BCUT2D eigenvalue weighted by Crippen LogP contribution is 2.18. The minimum absolute atomic E-state index is 0.602. The number of piperazine rings is 1. The Labute approximate surface area is 140 Å². The van der Waals surface area contributed by atoms with E-state index in [4.69, 9.17) is 0 Å². The molecule has 6 heteroatoms. The topological polar surface area (TPSA) is 43.9 Å². The van der Waals surface area contributed by atoms with E-state index in [1.807, 2.05) is 0 Å². The molecule has 2 heterocycles. The second kappa shape index (κ2) is 7.30. The van der Waals surface area contributed by atoms with Gasteiger partial charge in [0.05, 0.1) is 0 Å². The smallest absolute Gasteiger partial charge is 0.282 e. The first-order valence-electron chi connectivity index (χ1n) is 8.59. The lowest BCUT2D eigenvalue weighted by atomic mass is 10.1. The summed E-state index contributed by atoms with van der Waals surface area (Å²) in [6, 6.07) is 8.54. The lowest BCUT2D eigenvalue weighted by molar-refractivity contribution is 0.173. The first-order valence-corrected chi connectivity index (χ1v) is 9.98. The van der Waals surface area contributed by atoms with E-state index in [9.17, 15) is 8.42 Å². The van der Waals surface area contributed by atoms with Crippen LogP contribution in [-0.4, -0.2) is 61.2 Å². The van der Waals surface area contributed by atoms with E-state index in [0.717, 1.165) is 38.9 Å². The Hall–Kier alpha value is -0.950. The molecule has 1 aromatic rings. The predicted octanol–water partition coefficient (Wildman–Crippen LogP) is 1.84. The zero-order valence-electron chi connectivity index (χ0n) is 13.9. The third kappa shape index (κ3) is 4.12. The molecule has 0 unspecified atom stereocenters. The van der Waals surface area contributed by atoms with E-state index in [2.05, 4.69) is 36.1 Å². The summed E-state index contributed by atoms with van der Waals surface area (Å²) in [5.41, 5.74) is 2.58. The van der Waals surface area contributed by atoms with Crippen molar-refractivity contribution in [3.63, 3.8) is 0 Å². The molecule has 0 atom stereocenters. The molecule has 2 saturated heterocycles. The highest BCUT2D eigenvalue weighted by molar-refractivity contribution is 7.86. The van der Waals surface area contributed by atoms with E-state index in [0.29, 0.717) is 26.2 Å². The third-order valence-corrected chi connectivity index (χ3v) is 6.82. The van der Waals surface area contributed by atoms with Gasteiger partial charge in [0.25, 0.3) is 10.2 Å². The number of rotatable bonds is 4. The van der Waals surface area contributed by atoms with Gasteiger partial charge in [0.1, 0.15) is 0 Å². The maximum absolute atomic E-state index is 12.7. The van der Waals surface area contributed by atoms with Crippen molar-refractivity contribution in [2.45, 2.75) is 32.7 Å². The van der Waals surface area contributed by atoms with Gasteiger partial charge in [-0.3, -0.25) is 4.90 Å². The van der Waals surface area contributed by atoms with Crippen LogP contribution in [0, 0.1) is 6.92 Å². The molecule has 2 fully saturated rings. The average Bonchev–Trinajstić information content (AvgIpc) is 2.56. The maximum Gasteiger partial charge on any atom is 0.282 e. The van der Waals surface area contributed by atoms with Crippen molar-refractivity contribution in [1.29, 1.82) is 0 Å². The fraction of sp³-hybridized carbons (Fsp3) is 0.647. The monoisotopic (exact) mass is 337 g/mol. The lowest BCUT2D eigenvalue weighted by Crippen LogP contribution is -2.53. The molecule has 23 heavy (non-hydrogen) atoms. The number of hydrogen-bond donors (Lipinski definition) is 0. The zero-order valence-corrected chi connectivity index (χ0v) is 14.8. The summed E-state index contributed by atoms with van der Waals surface area (Å²) < 4.78 is 28.7. The molecule has 3 rings (SSSR count). The van der Waals surface area contributed by atoms with Crippen LogP contribution in [0.1, 0.15) is 30.4 Å². The van der Waals surface area contributed by atoms with E-state index in [1.54, 1.807) is 8.61 Å². The van der Waals surface area contributed by atoms with E-state index < -0.39 is 10.2 Å². The van der Waals surface area contributed by atoms with Crippen molar-refractivity contribution in [3.05, 3.63) is 35.4 Å². The predicted molar refractivity (Wildman–Crippen MR) is 92.4 cm³/mol. The molecular weight excluding hydrogens is 310 g/mol. The van der Waals surface area contributed by atoms with Crippen LogP contribution in [0.25, 0.3) is 0 Å². The normalized spacial score (nSPS) is 22.3. The lowest BCUT2D eigenvalue weighted by Gasteiger charge is -2.37. The summed E-state index contributed by atoms with van der Waals surface area (Å²) in [7, 11) is -3.25. The Morgan fingerprint density at radius 1 is 0.913 bits per heavy atom. The SMILES string of the molecule is Cc1cccc(CN2CCN(S(=O)(=O)N3CCCCC3)CC2)c1. The first-order chi connectivity index (χ1) is 11.1. The van der Waals surface area contributed by atoms with Gasteiger partial charge in [-0.2, -0.15) is 17.0 Å². The molecule has 5 nitrogen and oxygen atoms in total. The summed E-state index contributed by atoms with van der Waals surface area (Å²) in [5.74, 6) is 0. The van der Waals surface area contributed by atoms with Gasteiger partial charge in [0, 0.05) is 45.8 Å². The third-order valence-electron chi connectivity index (χ3n) is 4.79. The minimum Gasteiger partial charge on any atom is -0.296 e. The van der Waals surface area contributed by atoms with Crippen LogP contribution in [0.4, 0.5) is 0 Å². The number of hydrogen-bond acceptors (Lipinski definition) is 3. The summed E-state index contributed by atoms with van der Waals surface area (Å²) in [4.78, 5) is 2.34. The number of aryl methyl sites for hydroxylation is 1. The van der Waals surface area contributed by atoms with Crippen LogP contribution in [-0.2, 0) is 16.8 Å². The fourth-order valence-corrected chi connectivity index (χ4v) is 5.12. The summed E-state index contributed by atoms with van der Waals surface area (Å²) in [6.07, 6.45) is 3.13. The Balaban J connectivity index is 1.55. The van der Waals surface area contributed by atoms with Gasteiger partial charge in [-0.05, 0) is 25.3 Å². The second-order valence-corrected chi connectivity index (χ2v) is 8.56. The molecule has 0 aliphatic carbocycles. The molecule has 2 aliphatic heterocycles. The van der Waals surface area contributed by atoms with Crippen LogP contribution in [0.5, 0.6) is 0 Å². The fourth-order valence-electron chi connectivity index (χ4n) is 3.45. The van der Waals surface area contributed by atoms with Crippen LogP contribution >= 0.6 is 0 Å². The van der Waals surface area contributed by atoms with Crippen molar-refractivity contribution in [1.82, 2.24) is 13.5 Å². The first kappa shape index (κ1) is 16.9. The molecule has 0 bridgehead atoms. The van der Waals surface area contributed by atoms with Gasteiger partial charge >= 0.3 is 0 Å². The minimum atomic E-state index is -3.25. The van der Waals surface area contributed by atoms with Crippen LogP contribution in [0.15, 0.2) is 24.3 Å². The molecule has 0 spiro atoms. The average molecular weight is 337 g/mol. The second-order valence-electron chi connectivity index (χ2n) is 6.63. The number of nitrogens with zero attached hydrogens (tertiary/aromatic N) is 3. The van der Waals surface area contributed by atoms with Crippen molar-refractivity contribution in [2.75, 3.05) is 39.3 Å². The molecular formula is C17H27N3O2S. The quantitative estimate of drug-likeness (QED) is 0.842. The molecule has 128 valence electrons. The van der Waals surface area contributed by atoms with Gasteiger partial charge in [0.15, 0.2) is 0 Å². The van der Waals surface area contributed by atoms with Gasteiger partial charge in [0.2, 0.25) is 0 Å². The molecule has 2 aliphatic rings. The Bertz CT molecular complexity index is 618. The van der Waals surface area contributed by atoms with Gasteiger partial charge < -0.3 is 0 Å². The Morgan fingerprint density at radius 2 is 1.57 bits per heavy atom. The zero-order chi connectivity index (χ0) is 16.3. The van der Waals surface area contributed by atoms with Crippen LogP contribution in [0.3, 0.4) is 0 Å². The highest BCUT2D eigenvalue weighted by Gasteiger charge is 2.32. The molecule has 0 saturated carbocycles. The van der Waals surface area contributed by atoms with Crippen molar-refractivity contribution < 1.29 is 8.42 Å². The van der Waals surface area contributed by atoms with Gasteiger partial charge in [-0.1, -0.05) is 36.2 Å². The molecule has 0 aromatic heterocycles. The number of piperidine rings is 1. The number of benzene rings is 1. The standard InChI is InChI=1S/C17H27N3O2S/c1-16-6-5-7-17(14-16)15-18-10-12-20(13-11-18)23(21,22)19-8-3-2-4-9-19/h5-7,14H,2-4,8-13,15H2,1H3. The largest absolute Gasteiger partial charge is 0.296 e. The van der Waals surface area contributed by atoms with Crippen molar-refractivity contribution >= 4 is 10.2 Å². The summed E-state index contributed by atoms with van der Waals surface area (Å²) >= 11 is 0. The Morgan fingerprint density at radius 3 is 2.22 bits per heavy atom. The molecule has 0 radical (unpaired) electrons. The molecule has 1 aromatic carbocycles. The Kier molecular flexibility index (Phi) is 5.36. The van der Waals surface area contributed by atoms with Crippen molar-refractivity contribution in [2.24, 2.45) is 0 Å². The van der Waals surface area contributed by atoms with E-state index in [1.165, 1.54) is 11.1 Å². The highest BCUT2D eigenvalue weighted by atomic mass is 32.2. The van der Waals surface area contributed by atoms with E-state index >= 15 is 0 Å². The molecule has 0 amide bonds. The van der Waals surface area contributed by atoms with E-state index in [-0.39, 0.29) is 0 Å².